The highest BCUT2D eigenvalue weighted by Crippen LogP contribution is 2.32. The molecule has 0 spiro atoms. The molecule has 4 heterocycles. The van der Waals surface area contributed by atoms with E-state index in [4.69, 9.17) is 4.42 Å². The summed E-state index contributed by atoms with van der Waals surface area (Å²) in [5.41, 5.74) is 1.12. The quantitative estimate of drug-likeness (QED) is 0.872. The van der Waals surface area contributed by atoms with Gasteiger partial charge in [0.05, 0.1) is 5.69 Å². The lowest BCUT2D eigenvalue weighted by molar-refractivity contribution is 0.0740. The second kappa shape index (κ2) is 5.81. The van der Waals surface area contributed by atoms with E-state index in [2.05, 4.69) is 16.0 Å². The van der Waals surface area contributed by atoms with Crippen molar-refractivity contribution >= 4 is 5.91 Å². The standard InChI is InChI=1S/C18H21N3O2/c1-13-5-6-17(23-13)18(22)21-10-14-8-20(9-15(14)11-21)12-16-4-2-3-7-19-16/h2-7,14-15H,8-12H2,1H3/t14-,15-/m1/s1. The van der Waals surface area contributed by atoms with Gasteiger partial charge < -0.3 is 9.32 Å². The Bertz CT molecular complexity index is 683. The van der Waals surface area contributed by atoms with Gasteiger partial charge in [-0.1, -0.05) is 6.07 Å². The van der Waals surface area contributed by atoms with Crippen molar-refractivity contribution in [1.29, 1.82) is 0 Å². The Balaban J connectivity index is 1.36. The zero-order valence-corrected chi connectivity index (χ0v) is 13.3. The van der Waals surface area contributed by atoms with Gasteiger partial charge >= 0.3 is 0 Å². The highest BCUT2D eigenvalue weighted by atomic mass is 16.3. The summed E-state index contributed by atoms with van der Waals surface area (Å²) >= 11 is 0. The van der Waals surface area contributed by atoms with Crippen LogP contribution in [0.25, 0.3) is 0 Å². The van der Waals surface area contributed by atoms with E-state index in [1.54, 1.807) is 6.07 Å². The van der Waals surface area contributed by atoms with Gasteiger partial charge in [0.15, 0.2) is 5.76 Å². The van der Waals surface area contributed by atoms with Gasteiger partial charge in [0, 0.05) is 38.9 Å². The first kappa shape index (κ1) is 14.5. The maximum atomic E-state index is 12.5. The fourth-order valence-corrected chi connectivity index (χ4v) is 3.81. The number of aromatic nitrogens is 1. The lowest BCUT2D eigenvalue weighted by atomic mass is 10.0. The molecule has 2 aromatic rings. The van der Waals surface area contributed by atoms with Crippen molar-refractivity contribution in [3.63, 3.8) is 0 Å². The minimum absolute atomic E-state index is 0.0313. The zero-order valence-electron chi connectivity index (χ0n) is 13.3. The smallest absolute Gasteiger partial charge is 0.289 e. The largest absolute Gasteiger partial charge is 0.456 e. The summed E-state index contributed by atoms with van der Waals surface area (Å²) in [7, 11) is 0. The molecule has 2 fully saturated rings. The summed E-state index contributed by atoms with van der Waals surface area (Å²) in [5.74, 6) is 2.42. The van der Waals surface area contributed by atoms with Crippen molar-refractivity contribution < 1.29 is 9.21 Å². The Morgan fingerprint density at radius 3 is 2.57 bits per heavy atom. The first-order valence-electron chi connectivity index (χ1n) is 8.17. The molecule has 1 amide bonds. The molecule has 2 aliphatic rings. The maximum absolute atomic E-state index is 12.5. The predicted octanol–water partition coefficient (Wildman–Crippen LogP) is 2.19. The van der Waals surface area contributed by atoms with Gasteiger partial charge in [-0.2, -0.15) is 0 Å². The lowest BCUT2D eigenvalue weighted by Crippen LogP contribution is -2.33. The number of hydrogen-bond acceptors (Lipinski definition) is 4. The number of nitrogens with zero attached hydrogens (tertiary/aromatic N) is 3. The van der Waals surface area contributed by atoms with Crippen LogP contribution in [-0.4, -0.2) is 46.9 Å². The molecule has 0 aromatic carbocycles. The summed E-state index contributed by atoms with van der Waals surface area (Å²) < 4.78 is 5.47. The van der Waals surface area contributed by atoms with Crippen LogP contribution in [0.5, 0.6) is 0 Å². The van der Waals surface area contributed by atoms with E-state index < -0.39 is 0 Å². The first-order valence-corrected chi connectivity index (χ1v) is 8.17. The molecule has 5 nitrogen and oxygen atoms in total. The van der Waals surface area contributed by atoms with Crippen LogP contribution >= 0.6 is 0 Å². The Hall–Kier alpha value is -2.14. The summed E-state index contributed by atoms with van der Waals surface area (Å²) in [6.07, 6.45) is 1.85. The summed E-state index contributed by atoms with van der Waals surface area (Å²) in [5, 5.41) is 0. The number of carbonyl (C=O) groups excluding carboxylic acids is 1. The Labute approximate surface area is 135 Å². The second-order valence-electron chi connectivity index (χ2n) is 6.66. The number of hydrogen-bond donors (Lipinski definition) is 0. The van der Waals surface area contributed by atoms with E-state index in [1.165, 1.54) is 0 Å². The fraction of sp³-hybridized carbons (Fsp3) is 0.444. The predicted molar refractivity (Wildman–Crippen MR) is 85.8 cm³/mol. The Kier molecular flexibility index (Phi) is 3.65. The van der Waals surface area contributed by atoms with Crippen molar-refractivity contribution in [1.82, 2.24) is 14.8 Å². The summed E-state index contributed by atoms with van der Waals surface area (Å²) in [6.45, 7) is 6.53. The molecule has 0 aliphatic carbocycles. The molecule has 2 saturated heterocycles. The minimum atomic E-state index is 0.0313. The molecule has 4 rings (SSSR count). The van der Waals surface area contributed by atoms with Crippen molar-refractivity contribution in [2.75, 3.05) is 26.2 Å². The van der Waals surface area contributed by atoms with Crippen LogP contribution in [0.4, 0.5) is 0 Å². The monoisotopic (exact) mass is 311 g/mol. The molecule has 0 N–H and O–H groups in total. The Morgan fingerprint density at radius 2 is 1.96 bits per heavy atom. The van der Waals surface area contributed by atoms with Gasteiger partial charge in [-0.15, -0.1) is 0 Å². The van der Waals surface area contributed by atoms with Gasteiger partial charge in [-0.25, -0.2) is 0 Å². The minimum Gasteiger partial charge on any atom is -0.456 e. The third-order valence-corrected chi connectivity index (χ3v) is 4.91. The molecule has 23 heavy (non-hydrogen) atoms. The van der Waals surface area contributed by atoms with E-state index in [0.29, 0.717) is 17.6 Å². The topological polar surface area (TPSA) is 49.6 Å². The number of rotatable bonds is 3. The molecular formula is C18H21N3O2. The molecule has 2 aliphatic heterocycles. The number of carbonyl (C=O) groups is 1. The van der Waals surface area contributed by atoms with Crippen LogP contribution in [0.2, 0.25) is 0 Å². The maximum Gasteiger partial charge on any atom is 0.289 e. The van der Waals surface area contributed by atoms with Gasteiger partial charge in [0.2, 0.25) is 0 Å². The average Bonchev–Trinajstić information content (AvgIpc) is 3.22. The fourth-order valence-electron chi connectivity index (χ4n) is 3.81. The van der Waals surface area contributed by atoms with E-state index in [0.717, 1.165) is 44.2 Å². The van der Waals surface area contributed by atoms with Gasteiger partial charge in [0.25, 0.3) is 5.91 Å². The average molecular weight is 311 g/mol. The number of likely N-dealkylation sites (tertiary alicyclic amines) is 2. The highest BCUT2D eigenvalue weighted by molar-refractivity contribution is 5.91. The molecule has 120 valence electrons. The molecule has 0 unspecified atom stereocenters. The van der Waals surface area contributed by atoms with Gasteiger partial charge in [-0.3, -0.25) is 14.7 Å². The van der Waals surface area contributed by atoms with Crippen molar-refractivity contribution in [3.05, 3.63) is 53.7 Å². The lowest BCUT2D eigenvalue weighted by Gasteiger charge is -2.20. The van der Waals surface area contributed by atoms with Crippen molar-refractivity contribution in [3.8, 4) is 0 Å². The SMILES string of the molecule is Cc1ccc(C(=O)N2C[C@H]3CN(Cc4ccccn4)C[C@@H]3C2)o1. The highest BCUT2D eigenvalue weighted by Gasteiger charge is 2.42. The molecule has 0 radical (unpaired) electrons. The molecule has 5 heteroatoms. The van der Waals surface area contributed by atoms with Crippen LogP contribution < -0.4 is 0 Å². The summed E-state index contributed by atoms with van der Waals surface area (Å²) in [6, 6.07) is 9.67. The third kappa shape index (κ3) is 2.88. The Morgan fingerprint density at radius 1 is 1.17 bits per heavy atom. The van der Waals surface area contributed by atoms with Crippen LogP contribution in [0.15, 0.2) is 40.9 Å². The third-order valence-electron chi connectivity index (χ3n) is 4.91. The van der Waals surface area contributed by atoms with E-state index >= 15 is 0 Å². The van der Waals surface area contributed by atoms with Crippen LogP contribution in [-0.2, 0) is 6.54 Å². The normalized spacial score (nSPS) is 24.1. The number of aryl methyl sites for hydroxylation is 1. The van der Waals surface area contributed by atoms with Crippen molar-refractivity contribution in [2.45, 2.75) is 13.5 Å². The first-order chi connectivity index (χ1) is 11.2. The van der Waals surface area contributed by atoms with Crippen LogP contribution in [0, 0.1) is 18.8 Å². The number of pyridine rings is 1. The van der Waals surface area contributed by atoms with Gasteiger partial charge in [0.1, 0.15) is 5.76 Å². The van der Waals surface area contributed by atoms with E-state index in [-0.39, 0.29) is 5.91 Å². The molecule has 0 bridgehead atoms. The van der Waals surface area contributed by atoms with E-state index in [1.807, 2.05) is 36.2 Å². The molecule has 2 aromatic heterocycles. The summed E-state index contributed by atoms with van der Waals surface area (Å²) in [4.78, 5) is 21.3. The van der Waals surface area contributed by atoms with E-state index in [9.17, 15) is 4.79 Å². The van der Waals surface area contributed by atoms with Gasteiger partial charge in [-0.05, 0) is 43.0 Å². The van der Waals surface area contributed by atoms with Crippen LogP contribution in [0.3, 0.4) is 0 Å². The molecular weight excluding hydrogens is 290 g/mol. The molecule has 2 atom stereocenters. The number of amides is 1. The van der Waals surface area contributed by atoms with Crippen LogP contribution in [0.1, 0.15) is 22.0 Å². The number of fused-ring (bicyclic) bond motifs is 1. The molecule has 0 saturated carbocycles. The zero-order chi connectivity index (χ0) is 15.8. The second-order valence-corrected chi connectivity index (χ2v) is 6.66. The number of furan rings is 1. The van der Waals surface area contributed by atoms with Crippen molar-refractivity contribution in [2.24, 2.45) is 11.8 Å².